The number of alkyl halides is 2. The molecule has 0 aliphatic heterocycles. The quantitative estimate of drug-likeness (QED) is 0.492. The molecule has 0 unspecified atom stereocenters. The standard InChI is InChI=1S/C22H18F4O2/c1-2-3-14-4-6-15(7-5-14)16-8-10-17(11-9-16)22(25,26)28-18-12-19(23)21(27)20(24)13-18/h4-13,27H,2-3H2,1H3. The molecule has 3 aromatic carbocycles. The summed E-state index contributed by atoms with van der Waals surface area (Å²) < 4.78 is 59.8. The van der Waals surface area contributed by atoms with Gasteiger partial charge in [0.15, 0.2) is 17.4 Å². The molecule has 146 valence electrons. The molecule has 28 heavy (non-hydrogen) atoms. The number of halogens is 4. The van der Waals surface area contributed by atoms with E-state index in [1.54, 1.807) is 0 Å². The number of hydrogen-bond acceptors (Lipinski definition) is 2. The topological polar surface area (TPSA) is 29.5 Å². The van der Waals surface area contributed by atoms with E-state index in [0.29, 0.717) is 12.1 Å². The maximum Gasteiger partial charge on any atom is 0.426 e. The SMILES string of the molecule is CCCc1ccc(-c2ccc(C(F)(F)Oc3cc(F)c(O)c(F)c3)cc2)cc1. The van der Waals surface area contributed by atoms with E-state index >= 15 is 0 Å². The summed E-state index contributed by atoms with van der Waals surface area (Å²) in [5.74, 6) is -4.74. The van der Waals surface area contributed by atoms with Crippen molar-refractivity contribution in [3.8, 4) is 22.6 Å². The van der Waals surface area contributed by atoms with Gasteiger partial charge in [-0.15, -0.1) is 0 Å². The van der Waals surface area contributed by atoms with E-state index in [9.17, 15) is 17.6 Å². The second-order valence-corrected chi connectivity index (χ2v) is 6.38. The van der Waals surface area contributed by atoms with Gasteiger partial charge in [0.25, 0.3) is 0 Å². The third-order valence-corrected chi connectivity index (χ3v) is 4.28. The molecule has 1 N–H and O–H groups in total. The normalized spacial score (nSPS) is 11.5. The average Bonchev–Trinajstić information content (AvgIpc) is 2.67. The van der Waals surface area contributed by atoms with Crippen molar-refractivity contribution in [2.75, 3.05) is 0 Å². The molecule has 0 atom stereocenters. The van der Waals surface area contributed by atoms with E-state index in [0.717, 1.165) is 24.0 Å². The summed E-state index contributed by atoms with van der Waals surface area (Å²) in [7, 11) is 0. The number of phenols is 1. The Balaban J connectivity index is 1.79. The summed E-state index contributed by atoms with van der Waals surface area (Å²) in [5, 5.41) is 9.04. The Labute approximate surface area is 160 Å². The van der Waals surface area contributed by atoms with Crippen molar-refractivity contribution in [3.63, 3.8) is 0 Å². The van der Waals surface area contributed by atoms with Crippen LogP contribution in [0.15, 0.2) is 60.7 Å². The summed E-state index contributed by atoms with van der Waals surface area (Å²) in [6.07, 6.45) is -1.79. The Morgan fingerprint density at radius 2 is 1.36 bits per heavy atom. The zero-order chi connectivity index (χ0) is 20.3. The van der Waals surface area contributed by atoms with Crippen LogP contribution in [-0.2, 0) is 12.5 Å². The Morgan fingerprint density at radius 1 is 0.857 bits per heavy atom. The van der Waals surface area contributed by atoms with E-state index in [-0.39, 0.29) is 0 Å². The largest absolute Gasteiger partial charge is 0.503 e. The maximum absolute atomic E-state index is 14.3. The lowest BCUT2D eigenvalue weighted by Gasteiger charge is -2.19. The van der Waals surface area contributed by atoms with Gasteiger partial charge in [-0.1, -0.05) is 49.7 Å². The number of phenolic OH excluding ortho intramolecular Hbond substituents is 1. The molecule has 0 saturated carbocycles. The highest BCUT2D eigenvalue weighted by molar-refractivity contribution is 5.64. The van der Waals surface area contributed by atoms with Gasteiger partial charge in [-0.05, 0) is 35.2 Å². The van der Waals surface area contributed by atoms with E-state index < -0.39 is 34.8 Å². The minimum atomic E-state index is -3.81. The third-order valence-electron chi connectivity index (χ3n) is 4.28. The highest BCUT2D eigenvalue weighted by Crippen LogP contribution is 2.35. The van der Waals surface area contributed by atoms with Crippen LogP contribution in [0.2, 0.25) is 0 Å². The van der Waals surface area contributed by atoms with Gasteiger partial charge in [0.1, 0.15) is 5.75 Å². The first-order valence-electron chi connectivity index (χ1n) is 8.75. The van der Waals surface area contributed by atoms with Gasteiger partial charge in [0.05, 0.1) is 5.56 Å². The molecule has 0 amide bonds. The molecule has 0 spiro atoms. The summed E-state index contributed by atoms with van der Waals surface area (Å²) >= 11 is 0. The molecule has 3 aromatic rings. The fourth-order valence-corrected chi connectivity index (χ4v) is 2.82. The van der Waals surface area contributed by atoms with Crippen LogP contribution in [0.5, 0.6) is 11.5 Å². The molecule has 0 aromatic heterocycles. The number of ether oxygens (including phenoxy) is 1. The van der Waals surface area contributed by atoms with Crippen LogP contribution < -0.4 is 4.74 Å². The third kappa shape index (κ3) is 4.27. The molecule has 0 bridgehead atoms. The Kier molecular flexibility index (Phi) is 5.58. The maximum atomic E-state index is 14.3. The minimum absolute atomic E-state index is 0.465. The van der Waals surface area contributed by atoms with Gasteiger partial charge in [0.2, 0.25) is 0 Å². The lowest BCUT2D eigenvalue weighted by molar-refractivity contribution is -0.185. The minimum Gasteiger partial charge on any atom is -0.503 e. The first kappa shape index (κ1) is 19.7. The van der Waals surface area contributed by atoms with Crippen molar-refractivity contribution < 1.29 is 27.4 Å². The van der Waals surface area contributed by atoms with Crippen LogP contribution in [0.1, 0.15) is 24.5 Å². The van der Waals surface area contributed by atoms with Crippen LogP contribution in [0.3, 0.4) is 0 Å². The van der Waals surface area contributed by atoms with E-state index in [4.69, 9.17) is 5.11 Å². The number of aromatic hydroxyl groups is 1. The van der Waals surface area contributed by atoms with Crippen LogP contribution in [0.4, 0.5) is 17.6 Å². The van der Waals surface area contributed by atoms with Gasteiger partial charge in [-0.25, -0.2) is 8.78 Å². The van der Waals surface area contributed by atoms with Crippen LogP contribution in [0.25, 0.3) is 11.1 Å². The van der Waals surface area contributed by atoms with Gasteiger partial charge in [-0.3, -0.25) is 0 Å². The van der Waals surface area contributed by atoms with Crippen LogP contribution >= 0.6 is 0 Å². The van der Waals surface area contributed by atoms with Crippen molar-refractivity contribution >= 4 is 0 Å². The second kappa shape index (κ2) is 7.92. The summed E-state index contributed by atoms with van der Waals surface area (Å²) in [6, 6.07) is 14.3. The number of aryl methyl sites for hydroxylation is 1. The van der Waals surface area contributed by atoms with Crippen LogP contribution in [-0.4, -0.2) is 5.11 Å². The average molecular weight is 390 g/mol. The molecule has 0 saturated heterocycles. The molecule has 3 rings (SSSR count). The fourth-order valence-electron chi connectivity index (χ4n) is 2.82. The Morgan fingerprint density at radius 3 is 1.86 bits per heavy atom. The zero-order valence-electron chi connectivity index (χ0n) is 15.1. The van der Waals surface area contributed by atoms with Crippen molar-refractivity contribution in [3.05, 3.63) is 83.4 Å². The van der Waals surface area contributed by atoms with Gasteiger partial charge >= 0.3 is 6.11 Å². The number of hydrogen-bond donors (Lipinski definition) is 1. The smallest absolute Gasteiger partial charge is 0.426 e. The van der Waals surface area contributed by atoms with Crippen molar-refractivity contribution in [1.82, 2.24) is 0 Å². The molecule has 0 fully saturated rings. The van der Waals surface area contributed by atoms with Gasteiger partial charge < -0.3 is 9.84 Å². The second-order valence-electron chi connectivity index (χ2n) is 6.38. The Bertz CT molecular complexity index is 928. The zero-order valence-corrected chi connectivity index (χ0v) is 15.1. The monoisotopic (exact) mass is 390 g/mol. The molecule has 0 radical (unpaired) electrons. The lowest BCUT2D eigenvalue weighted by atomic mass is 10.0. The van der Waals surface area contributed by atoms with Crippen molar-refractivity contribution in [1.29, 1.82) is 0 Å². The van der Waals surface area contributed by atoms with E-state index in [2.05, 4.69) is 11.7 Å². The summed E-state index contributed by atoms with van der Waals surface area (Å²) in [5.41, 5.74) is 2.38. The van der Waals surface area contributed by atoms with Crippen molar-refractivity contribution in [2.24, 2.45) is 0 Å². The molecular formula is C22H18F4O2. The predicted octanol–water partition coefficient (Wildman–Crippen LogP) is 6.42. The van der Waals surface area contributed by atoms with Gasteiger partial charge in [-0.2, -0.15) is 8.78 Å². The molecular weight excluding hydrogens is 372 g/mol. The van der Waals surface area contributed by atoms with E-state index in [1.165, 1.54) is 29.8 Å². The molecule has 0 aliphatic rings. The molecule has 0 aliphatic carbocycles. The fraction of sp³-hybridized carbons (Fsp3) is 0.182. The molecule has 2 nitrogen and oxygen atoms in total. The molecule has 0 heterocycles. The van der Waals surface area contributed by atoms with E-state index in [1.807, 2.05) is 24.3 Å². The predicted molar refractivity (Wildman–Crippen MR) is 98.4 cm³/mol. The number of benzene rings is 3. The van der Waals surface area contributed by atoms with Gasteiger partial charge in [0, 0.05) is 12.1 Å². The first-order chi connectivity index (χ1) is 13.3. The highest BCUT2D eigenvalue weighted by Gasteiger charge is 2.35. The molecule has 6 heteroatoms. The van der Waals surface area contributed by atoms with Crippen LogP contribution in [0, 0.1) is 11.6 Å². The summed E-state index contributed by atoms with van der Waals surface area (Å²) in [4.78, 5) is 0. The first-order valence-corrected chi connectivity index (χ1v) is 8.75. The number of rotatable bonds is 6. The van der Waals surface area contributed by atoms with Crippen molar-refractivity contribution in [2.45, 2.75) is 25.9 Å². The summed E-state index contributed by atoms with van der Waals surface area (Å²) in [6.45, 7) is 2.09. The lowest BCUT2D eigenvalue weighted by Crippen LogP contribution is -2.22. The Hall–Kier alpha value is -3.02. The highest BCUT2D eigenvalue weighted by atomic mass is 19.3.